The van der Waals surface area contributed by atoms with Crippen LogP contribution in [0.15, 0.2) is 35.0 Å². The summed E-state index contributed by atoms with van der Waals surface area (Å²) in [6.07, 6.45) is -0.629. The molecule has 1 atom stereocenters. The molecular weight excluding hydrogens is 387 g/mol. The maximum absolute atomic E-state index is 12.8. The number of amides is 1. The molecule has 0 bridgehead atoms. The van der Waals surface area contributed by atoms with Crippen molar-refractivity contribution in [3.8, 4) is 11.3 Å². The predicted molar refractivity (Wildman–Crippen MR) is 95.8 cm³/mol. The van der Waals surface area contributed by atoms with Crippen molar-refractivity contribution in [2.75, 3.05) is 0 Å². The van der Waals surface area contributed by atoms with Gasteiger partial charge in [-0.3, -0.25) is 14.5 Å². The van der Waals surface area contributed by atoms with Crippen molar-refractivity contribution < 1.29 is 22.5 Å². The number of nitrogens with one attached hydrogen (secondary N) is 1. The molecular formula is C19H18F3N5O2. The van der Waals surface area contributed by atoms with Crippen molar-refractivity contribution >= 4 is 5.91 Å². The lowest BCUT2D eigenvalue weighted by atomic mass is 10.1. The molecule has 1 fully saturated rings. The van der Waals surface area contributed by atoms with Gasteiger partial charge in [-0.05, 0) is 31.9 Å². The summed E-state index contributed by atoms with van der Waals surface area (Å²) in [6, 6.07) is 5.60. The van der Waals surface area contributed by atoms with Crippen LogP contribution >= 0.6 is 0 Å². The standard InChI is InChI=1S/C19H18F3N5O2/c1-10(24-18(28)15-9-17(19(20,21)22)25-27(15)2)16-8-14(26-29-16)12-5-6-23-13(7-12)11-3-4-11/h5-11H,3-4H2,1-2H3,(H,24,28)/t10-/m1/s1. The van der Waals surface area contributed by atoms with Gasteiger partial charge in [0.15, 0.2) is 11.5 Å². The summed E-state index contributed by atoms with van der Waals surface area (Å²) < 4.78 is 44.6. The van der Waals surface area contributed by atoms with E-state index < -0.39 is 23.8 Å². The summed E-state index contributed by atoms with van der Waals surface area (Å²) in [5, 5.41) is 9.99. The number of pyridine rings is 1. The SMILES string of the molecule is C[C@@H](NC(=O)c1cc(C(F)(F)F)nn1C)c1cc(-c2ccnc(C3CC3)c2)no1. The van der Waals surface area contributed by atoms with E-state index >= 15 is 0 Å². The van der Waals surface area contributed by atoms with Crippen LogP contribution in [0.5, 0.6) is 0 Å². The number of carbonyl (C=O) groups excluding carboxylic acids is 1. The summed E-state index contributed by atoms with van der Waals surface area (Å²) in [7, 11) is 1.28. The van der Waals surface area contributed by atoms with E-state index in [9.17, 15) is 18.0 Å². The summed E-state index contributed by atoms with van der Waals surface area (Å²) >= 11 is 0. The van der Waals surface area contributed by atoms with E-state index in [1.54, 1.807) is 19.2 Å². The van der Waals surface area contributed by atoms with Crippen LogP contribution < -0.4 is 5.32 Å². The highest BCUT2D eigenvalue weighted by Crippen LogP contribution is 2.39. The topological polar surface area (TPSA) is 85.8 Å². The molecule has 29 heavy (non-hydrogen) atoms. The van der Waals surface area contributed by atoms with Crippen LogP contribution in [0.1, 0.15) is 59.4 Å². The summed E-state index contributed by atoms with van der Waals surface area (Å²) in [5.74, 6) is 0.192. The Labute approximate surface area is 163 Å². The van der Waals surface area contributed by atoms with Gasteiger partial charge >= 0.3 is 6.18 Å². The quantitative estimate of drug-likeness (QED) is 0.697. The van der Waals surface area contributed by atoms with E-state index in [-0.39, 0.29) is 5.69 Å². The van der Waals surface area contributed by atoms with E-state index in [1.807, 2.05) is 12.1 Å². The van der Waals surface area contributed by atoms with Gasteiger partial charge in [0.05, 0.1) is 6.04 Å². The van der Waals surface area contributed by atoms with Gasteiger partial charge in [-0.1, -0.05) is 5.16 Å². The molecule has 0 aromatic carbocycles. The first-order chi connectivity index (χ1) is 13.7. The minimum atomic E-state index is -4.62. The molecule has 0 saturated heterocycles. The van der Waals surface area contributed by atoms with Gasteiger partial charge in [0, 0.05) is 42.6 Å². The Kier molecular flexibility index (Phi) is 4.64. The van der Waals surface area contributed by atoms with E-state index in [1.165, 1.54) is 7.05 Å². The number of aryl methyl sites for hydroxylation is 1. The van der Waals surface area contributed by atoms with Crippen molar-refractivity contribution in [3.05, 3.63) is 53.3 Å². The molecule has 3 heterocycles. The summed E-state index contributed by atoms with van der Waals surface area (Å²) in [5.41, 5.74) is 1.16. The Morgan fingerprint density at radius 2 is 2.07 bits per heavy atom. The van der Waals surface area contributed by atoms with Crippen LogP contribution in [0.3, 0.4) is 0 Å². The zero-order chi connectivity index (χ0) is 20.8. The van der Waals surface area contributed by atoms with Crippen LogP contribution in [0.25, 0.3) is 11.3 Å². The van der Waals surface area contributed by atoms with E-state index in [2.05, 4.69) is 20.6 Å². The smallest absolute Gasteiger partial charge is 0.359 e. The molecule has 0 aliphatic heterocycles. The Morgan fingerprint density at radius 1 is 1.31 bits per heavy atom. The molecule has 3 aromatic rings. The van der Waals surface area contributed by atoms with Crippen molar-refractivity contribution in [2.45, 2.75) is 37.9 Å². The number of hydrogen-bond acceptors (Lipinski definition) is 5. The Morgan fingerprint density at radius 3 is 2.72 bits per heavy atom. The molecule has 0 spiro atoms. The van der Waals surface area contributed by atoms with E-state index in [0.717, 1.165) is 28.8 Å². The molecule has 3 aromatic heterocycles. The zero-order valence-corrected chi connectivity index (χ0v) is 15.7. The molecule has 1 amide bonds. The normalized spacial score (nSPS) is 15.3. The Bertz CT molecular complexity index is 1050. The van der Waals surface area contributed by atoms with Gasteiger partial charge in [0.25, 0.3) is 5.91 Å². The fraction of sp³-hybridized carbons (Fsp3) is 0.368. The van der Waals surface area contributed by atoms with Crippen molar-refractivity contribution in [3.63, 3.8) is 0 Å². The lowest BCUT2D eigenvalue weighted by Gasteiger charge is -2.10. The van der Waals surface area contributed by atoms with Gasteiger partial charge in [-0.2, -0.15) is 18.3 Å². The molecule has 1 aliphatic carbocycles. The molecule has 1 aliphatic rings. The van der Waals surface area contributed by atoms with Crippen LogP contribution in [-0.2, 0) is 13.2 Å². The maximum atomic E-state index is 12.8. The first-order valence-electron chi connectivity index (χ1n) is 9.07. The molecule has 0 radical (unpaired) electrons. The zero-order valence-electron chi connectivity index (χ0n) is 15.7. The third-order valence-corrected chi connectivity index (χ3v) is 4.78. The lowest BCUT2D eigenvalue weighted by molar-refractivity contribution is -0.141. The minimum absolute atomic E-state index is 0.202. The molecule has 1 N–H and O–H groups in total. The maximum Gasteiger partial charge on any atom is 0.435 e. The molecule has 152 valence electrons. The van der Waals surface area contributed by atoms with Crippen LogP contribution in [0, 0.1) is 0 Å². The van der Waals surface area contributed by atoms with Crippen molar-refractivity contribution in [1.82, 2.24) is 25.2 Å². The summed E-state index contributed by atoms with van der Waals surface area (Å²) in [4.78, 5) is 16.7. The first-order valence-corrected chi connectivity index (χ1v) is 9.07. The Hall–Kier alpha value is -3.17. The van der Waals surface area contributed by atoms with Crippen LogP contribution in [-0.4, -0.2) is 25.8 Å². The second-order valence-corrected chi connectivity index (χ2v) is 7.09. The average Bonchev–Trinajstić information content (AvgIpc) is 3.25. The predicted octanol–water partition coefficient (Wildman–Crippen LogP) is 3.86. The molecule has 10 heteroatoms. The minimum Gasteiger partial charge on any atom is -0.359 e. The molecule has 4 rings (SSSR count). The fourth-order valence-electron chi connectivity index (χ4n) is 3.00. The van der Waals surface area contributed by atoms with Gasteiger partial charge in [0.2, 0.25) is 0 Å². The highest BCUT2D eigenvalue weighted by atomic mass is 19.4. The van der Waals surface area contributed by atoms with E-state index in [0.29, 0.717) is 23.4 Å². The first kappa shape index (κ1) is 19.2. The number of hydrogen-bond donors (Lipinski definition) is 1. The lowest BCUT2D eigenvalue weighted by Crippen LogP contribution is -2.28. The number of rotatable bonds is 5. The summed E-state index contributed by atoms with van der Waals surface area (Å²) in [6.45, 7) is 1.66. The highest BCUT2D eigenvalue weighted by molar-refractivity contribution is 5.92. The largest absolute Gasteiger partial charge is 0.435 e. The molecule has 1 saturated carbocycles. The number of aromatic nitrogens is 4. The highest BCUT2D eigenvalue weighted by Gasteiger charge is 2.35. The Balaban J connectivity index is 1.48. The van der Waals surface area contributed by atoms with Crippen molar-refractivity contribution in [2.24, 2.45) is 7.05 Å². The van der Waals surface area contributed by atoms with Gasteiger partial charge in [0.1, 0.15) is 11.4 Å². The van der Waals surface area contributed by atoms with Gasteiger partial charge in [-0.25, -0.2) is 0 Å². The van der Waals surface area contributed by atoms with Gasteiger partial charge in [-0.15, -0.1) is 0 Å². The second-order valence-electron chi connectivity index (χ2n) is 7.09. The molecule has 0 unspecified atom stereocenters. The second kappa shape index (κ2) is 7.02. The third kappa shape index (κ3) is 4.01. The van der Waals surface area contributed by atoms with Crippen LogP contribution in [0.4, 0.5) is 13.2 Å². The molecule has 7 nitrogen and oxygen atoms in total. The fourth-order valence-corrected chi connectivity index (χ4v) is 3.00. The number of carbonyl (C=O) groups is 1. The van der Waals surface area contributed by atoms with E-state index in [4.69, 9.17) is 4.52 Å². The third-order valence-electron chi connectivity index (χ3n) is 4.78. The monoisotopic (exact) mass is 405 g/mol. The van der Waals surface area contributed by atoms with Crippen molar-refractivity contribution in [1.29, 1.82) is 0 Å². The van der Waals surface area contributed by atoms with Crippen LogP contribution in [0.2, 0.25) is 0 Å². The number of halogens is 3. The average molecular weight is 405 g/mol. The van der Waals surface area contributed by atoms with Gasteiger partial charge < -0.3 is 9.84 Å². The number of nitrogens with zero attached hydrogens (tertiary/aromatic N) is 4. The number of alkyl halides is 3.